The van der Waals surface area contributed by atoms with E-state index in [1.807, 2.05) is 0 Å². The fourth-order valence-electron chi connectivity index (χ4n) is 2.60. The first-order valence-electron chi connectivity index (χ1n) is 10.9. The highest BCUT2D eigenvalue weighted by Crippen LogP contribution is 2.43. The average Bonchev–Trinajstić information content (AvgIpc) is 2.72. The van der Waals surface area contributed by atoms with E-state index in [1.165, 1.54) is 39.0 Å². The van der Waals surface area contributed by atoms with Crippen LogP contribution in [0.25, 0.3) is 0 Å². The number of unbranched alkanes of at least 4 members (excludes halogenated alkanes) is 8. The summed E-state index contributed by atoms with van der Waals surface area (Å²) in [5.74, 6) is -1.12. The van der Waals surface area contributed by atoms with E-state index < -0.39 is 51.8 Å². The Hall–Kier alpha value is -1.03. The molecule has 3 atom stereocenters. The van der Waals surface area contributed by atoms with Crippen LogP contribution in [0.15, 0.2) is 0 Å². The number of rotatable bonds is 20. The first-order valence-corrected chi connectivity index (χ1v) is 12.4. The summed E-state index contributed by atoms with van der Waals surface area (Å²) >= 11 is 0. The average molecular weight is 470 g/mol. The molecule has 31 heavy (non-hydrogen) atoms. The van der Waals surface area contributed by atoms with Gasteiger partial charge in [0.1, 0.15) is 12.7 Å². The first-order chi connectivity index (χ1) is 14.7. The topological polar surface area (TPSA) is 149 Å². The van der Waals surface area contributed by atoms with Crippen molar-refractivity contribution in [2.24, 2.45) is 0 Å². The van der Waals surface area contributed by atoms with E-state index >= 15 is 0 Å². The molecule has 0 rings (SSSR count). The Kier molecular flexibility index (Phi) is 17.9. The van der Waals surface area contributed by atoms with Gasteiger partial charge in [-0.1, -0.05) is 58.3 Å². The Labute approximate surface area is 184 Å². The first kappa shape index (κ1) is 30.0. The van der Waals surface area contributed by atoms with Gasteiger partial charge in [0.25, 0.3) is 0 Å². The van der Waals surface area contributed by atoms with Crippen molar-refractivity contribution in [1.82, 2.24) is 0 Å². The van der Waals surface area contributed by atoms with Crippen molar-refractivity contribution in [3.63, 3.8) is 0 Å². The molecule has 0 bridgehead atoms. The molecular weight excluding hydrogens is 431 g/mol. The molecule has 3 N–H and O–H groups in total. The number of esters is 2. The fourth-order valence-corrected chi connectivity index (χ4v) is 3.39. The lowest BCUT2D eigenvalue weighted by Gasteiger charge is -2.20. The summed E-state index contributed by atoms with van der Waals surface area (Å²) in [6, 6.07) is 0. The molecule has 0 radical (unpaired) electrons. The molecule has 0 aliphatic carbocycles. The molecule has 0 spiro atoms. The summed E-state index contributed by atoms with van der Waals surface area (Å²) in [6.07, 6.45) is 7.71. The van der Waals surface area contributed by atoms with Crippen molar-refractivity contribution in [2.45, 2.75) is 90.3 Å². The predicted octanol–water partition coefficient (Wildman–Crippen LogP) is 2.87. The van der Waals surface area contributed by atoms with Gasteiger partial charge in [0.2, 0.25) is 0 Å². The zero-order chi connectivity index (χ0) is 23.5. The lowest BCUT2D eigenvalue weighted by Crippen LogP contribution is -2.29. The van der Waals surface area contributed by atoms with Gasteiger partial charge in [-0.05, 0) is 6.42 Å². The molecule has 0 aromatic carbocycles. The van der Waals surface area contributed by atoms with Crippen molar-refractivity contribution < 1.29 is 47.8 Å². The third-order valence-corrected chi connectivity index (χ3v) is 5.27. The van der Waals surface area contributed by atoms with Crippen molar-refractivity contribution in [3.05, 3.63) is 0 Å². The lowest BCUT2D eigenvalue weighted by molar-refractivity contribution is -0.160. The highest BCUT2D eigenvalue weighted by atomic mass is 31.2. The number of aliphatic hydroxyl groups is 2. The van der Waals surface area contributed by atoms with Gasteiger partial charge in [0, 0.05) is 13.3 Å². The van der Waals surface area contributed by atoms with Crippen molar-refractivity contribution >= 4 is 19.8 Å². The molecule has 0 aromatic heterocycles. The van der Waals surface area contributed by atoms with Crippen LogP contribution in [0.1, 0.15) is 78.1 Å². The summed E-state index contributed by atoms with van der Waals surface area (Å²) in [4.78, 5) is 32.6. The van der Waals surface area contributed by atoms with Crippen molar-refractivity contribution in [2.75, 3.05) is 26.4 Å². The van der Waals surface area contributed by atoms with Gasteiger partial charge in [-0.3, -0.25) is 18.6 Å². The smallest absolute Gasteiger partial charge is 0.462 e. The van der Waals surface area contributed by atoms with Crippen LogP contribution in [0.5, 0.6) is 0 Å². The van der Waals surface area contributed by atoms with Crippen LogP contribution < -0.4 is 0 Å². The molecule has 0 saturated carbocycles. The van der Waals surface area contributed by atoms with Gasteiger partial charge in [-0.2, -0.15) is 0 Å². The number of carbonyl (C=O) groups excluding carboxylic acids is 2. The van der Waals surface area contributed by atoms with Crippen molar-refractivity contribution in [3.8, 4) is 0 Å². The van der Waals surface area contributed by atoms with Gasteiger partial charge < -0.3 is 24.6 Å². The van der Waals surface area contributed by atoms with E-state index in [0.29, 0.717) is 6.42 Å². The SMILES string of the molecule is CCCCCCCCCCCC(=O)OC(COC(C)=O)COP(=O)(O)OCC(O)CO. The van der Waals surface area contributed by atoms with Gasteiger partial charge in [0.05, 0.1) is 19.8 Å². The zero-order valence-corrected chi connectivity index (χ0v) is 19.6. The maximum Gasteiger partial charge on any atom is 0.472 e. The highest BCUT2D eigenvalue weighted by Gasteiger charge is 2.26. The Balaban J connectivity index is 4.24. The standard InChI is InChI=1S/C20H39O10P/c1-3-4-5-6-7-8-9-10-11-12-20(24)30-19(15-27-17(2)22)16-29-31(25,26)28-14-18(23)13-21/h18-19,21,23H,3-16H2,1-2H3,(H,25,26). The summed E-state index contributed by atoms with van der Waals surface area (Å²) < 4.78 is 31.1. The van der Waals surface area contributed by atoms with E-state index in [0.717, 1.165) is 19.3 Å². The second-order valence-electron chi connectivity index (χ2n) is 7.39. The molecule has 0 aromatic rings. The molecule has 0 aliphatic heterocycles. The largest absolute Gasteiger partial charge is 0.472 e. The van der Waals surface area contributed by atoms with Crippen molar-refractivity contribution in [1.29, 1.82) is 0 Å². The molecule has 184 valence electrons. The van der Waals surface area contributed by atoms with Gasteiger partial charge in [-0.25, -0.2) is 4.57 Å². The van der Waals surface area contributed by atoms with Crippen LogP contribution in [0, 0.1) is 0 Å². The van der Waals surface area contributed by atoms with E-state index in [1.54, 1.807) is 0 Å². The molecule has 10 nitrogen and oxygen atoms in total. The van der Waals surface area contributed by atoms with Crippen LogP contribution in [0.4, 0.5) is 0 Å². The van der Waals surface area contributed by atoms with E-state index in [9.17, 15) is 19.0 Å². The summed E-state index contributed by atoms with van der Waals surface area (Å²) in [5.41, 5.74) is 0. The minimum Gasteiger partial charge on any atom is -0.462 e. The normalized spacial score (nSPS) is 15.1. The Morgan fingerprint density at radius 1 is 0.903 bits per heavy atom. The minimum atomic E-state index is -4.55. The quantitative estimate of drug-likeness (QED) is 0.138. The van der Waals surface area contributed by atoms with Crippen LogP contribution in [-0.4, -0.2) is 65.7 Å². The molecule has 3 unspecified atom stereocenters. The maximum atomic E-state index is 12.0. The molecule has 0 aliphatic rings. The van der Waals surface area contributed by atoms with Gasteiger partial charge >= 0.3 is 19.8 Å². The van der Waals surface area contributed by atoms with E-state index in [-0.39, 0.29) is 13.0 Å². The zero-order valence-electron chi connectivity index (χ0n) is 18.7. The van der Waals surface area contributed by atoms with E-state index in [4.69, 9.17) is 24.2 Å². The number of carbonyl (C=O) groups is 2. The van der Waals surface area contributed by atoms with Crippen LogP contribution in [-0.2, 0) is 32.7 Å². The number of hydrogen-bond acceptors (Lipinski definition) is 9. The molecule has 0 fully saturated rings. The second kappa shape index (κ2) is 18.5. The summed E-state index contributed by atoms with van der Waals surface area (Å²) in [5, 5.41) is 17.8. The van der Waals surface area contributed by atoms with E-state index in [2.05, 4.69) is 11.4 Å². The third kappa shape index (κ3) is 19.4. The van der Waals surface area contributed by atoms with Crippen LogP contribution in [0.2, 0.25) is 0 Å². The molecule has 0 heterocycles. The number of aliphatic hydroxyl groups excluding tert-OH is 2. The number of ether oxygens (including phenoxy) is 2. The van der Waals surface area contributed by atoms with Crippen LogP contribution >= 0.6 is 7.82 Å². The molecule has 11 heteroatoms. The Bertz CT molecular complexity index is 528. The van der Waals surface area contributed by atoms with Gasteiger partial charge in [-0.15, -0.1) is 0 Å². The second-order valence-corrected chi connectivity index (χ2v) is 8.84. The number of phosphoric ester groups is 1. The third-order valence-electron chi connectivity index (χ3n) is 4.32. The van der Waals surface area contributed by atoms with Crippen LogP contribution in [0.3, 0.4) is 0 Å². The predicted molar refractivity (Wildman–Crippen MR) is 113 cm³/mol. The molecule has 0 amide bonds. The highest BCUT2D eigenvalue weighted by molar-refractivity contribution is 7.47. The lowest BCUT2D eigenvalue weighted by atomic mass is 10.1. The fraction of sp³-hybridized carbons (Fsp3) is 0.900. The molecule has 0 saturated heterocycles. The van der Waals surface area contributed by atoms with Gasteiger partial charge in [0.15, 0.2) is 6.10 Å². The summed E-state index contributed by atoms with van der Waals surface area (Å²) in [6.45, 7) is 1.22. The maximum absolute atomic E-state index is 12.0. The number of hydrogen-bond donors (Lipinski definition) is 3. The monoisotopic (exact) mass is 470 g/mol. The Morgan fingerprint density at radius 3 is 2.00 bits per heavy atom. The Morgan fingerprint density at radius 2 is 1.45 bits per heavy atom. The summed E-state index contributed by atoms with van der Waals surface area (Å²) in [7, 11) is -4.55. The number of phosphoric acid groups is 1. The minimum absolute atomic E-state index is 0.183. The molecular formula is C20H39O10P.